The van der Waals surface area contributed by atoms with E-state index >= 15 is 0 Å². The second-order valence-corrected chi connectivity index (χ2v) is 13.7. The smallest absolute Gasteiger partial charge is 0.305 e. The zero-order valence-electron chi connectivity index (χ0n) is 31.3. The average molecular weight is 675 g/mol. The molecule has 0 radical (unpaired) electrons. The number of hydrogen-bond donors (Lipinski definition) is 2. The zero-order valence-corrected chi connectivity index (χ0v) is 31.3. The highest BCUT2D eigenvalue weighted by molar-refractivity contribution is 5.69. The summed E-state index contributed by atoms with van der Waals surface area (Å²) >= 11 is 0. The van der Waals surface area contributed by atoms with Gasteiger partial charge in [-0.3, -0.25) is 9.59 Å². The molecule has 278 valence electrons. The molecule has 0 unspecified atom stereocenters. The molecule has 0 aromatic heterocycles. The first-order valence-corrected chi connectivity index (χ1v) is 19.7. The quantitative estimate of drug-likeness (QED) is 0.0305. The number of aliphatic hydroxyl groups excluding tert-OH is 2. The van der Waals surface area contributed by atoms with E-state index in [1.807, 2.05) is 18.2 Å². The van der Waals surface area contributed by atoms with Crippen LogP contribution < -0.4 is 0 Å². The Labute approximate surface area is 295 Å². The van der Waals surface area contributed by atoms with Gasteiger partial charge in [-0.2, -0.15) is 0 Å². The standard InChI is InChI=1S/C42H74O6/c1-4-5-26-32-39(43)33-28-23-19-15-11-9-13-17-21-25-30-35-42(46)48-37-40(44)36-47-41(45)34-29-24-20-16-12-8-6-7-10-14-18-22-27-31-38(2)3/h9,11,17,19,21,23,28,33,38-40,43-44H,4-8,10,12-16,18,20,22,24-27,29-32,34-37H2,1-3H3/b11-9-,21-17-,23-19-,33-28+/t39-,40+/m1/s1. The van der Waals surface area contributed by atoms with Gasteiger partial charge in [-0.25, -0.2) is 0 Å². The third-order valence-corrected chi connectivity index (χ3v) is 8.35. The molecular weight excluding hydrogens is 600 g/mol. The van der Waals surface area contributed by atoms with Gasteiger partial charge in [0.2, 0.25) is 0 Å². The molecule has 6 heteroatoms. The Hall–Kier alpha value is -2.18. The van der Waals surface area contributed by atoms with Crippen LogP contribution in [0.2, 0.25) is 0 Å². The first kappa shape index (κ1) is 45.8. The fourth-order valence-electron chi connectivity index (χ4n) is 5.31. The molecule has 0 rings (SSSR count). The van der Waals surface area contributed by atoms with Gasteiger partial charge >= 0.3 is 11.9 Å². The van der Waals surface area contributed by atoms with Crippen molar-refractivity contribution in [1.29, 1.82) is 0 Å². The summed E-state index contributed by atoms with van der Waals surface area (Å²) in [6, 6.07) is 0. The van der Waals surface area contributed by atoms with Crippen LogP contribution in [0.4, 0.5) is 0 Å². The summed E-state index contributed by atoms with van der Waals surface area (Å²) in [6.07, 6.45) is 40.7. The number of esters is 2. The highest BCUT2D eigenvalue weighted by Gasteiger charge is 2.12. The molecule has 2 N–H and O–H groups in total. The number of ether oxygens (including phenoxy) is 2. The predicted molar refractivity (Wildman–Crippen MR) is 202 cm³/mol. The lowest BCUT2D eigenvalue weighted by Gasteiger charge is -2.12. The number of carbonyl (C=O) groups excluding carboxylic acids is 2. The third kappa shape index (κ3) is 36.7. The lowest BCUT2D eigenvalue weighted by Crippen LogP contribution is -2.25. The molecule has 0 bridgehead atoms. The Morgan fingerprint density at radius 2 is 1.04 bits per heavy atom. The molecule has 0 aromatic rings. The van der Waals surface area contributed by atoms with E-state index in [0.717, 1.165) is 63.7 Å². The molecule has 0 aromatic carbocycles. The summed E-state index contributed by atoms with van der Waals surface area (Å²) in [5.41, 5.74) is 0. The van der Waals surface area contributed by atoms with Crippen molar-refractivity contribution in [1.82, 2.24) is 0 Å². The van der Waals surface area contributed by atoms with Gasteiger partial charge in [0.15, 0.2) is 0 Å². The molecule has 0 heterocycles. The predicted octanol–water partition coefficient (Wildman–Crippen LogP) is 11.1. The van der Waals surface area contributed by atoms with Crippen LogP contribution in [0, 0.1) is 5.92 Å². The first-order valence-electron chi connectivity index (χ1n) is 19.7. The van der Waals surface area contributed by atoms with Crippen LogP contribution in [0.1, 0.15) is 175 Å². The number of hydrogen-bond acceptors (Lipinski definition) is 6. The molecular formula is C42H74O6. The summed E-state index contributed by atoms with van der Waals surface area (Å²) in [5, 5.41) is 19.8. The van der Waals surface area contributed by atoms with Crippen molar-refractivity contribution in [2.24, 2.45) is 5.92 Å². The van der Waals surface area contributed by atoms with Crippen LogP contribution in [0.3, 0.4) is 0 Å². The molecule has 48 heavy (non-hydrogen) atoms. The molecule has 0 aliphatic heterocycles. The Morgan fingerprint density at radius 3 is 1.60 bits per heavy atom. The third-order valence-electron chi connectivity index (χ3n) is 8.35. The van der Waals surface area contributed by atoms with Crippen LogP contribution in [-0.2, 0) is 19.1 Å². The Balaban J connectivity index is 3.57. The van der Waals surface area contributed by atoms with Crippen LogP contribution in [0.15, 0.2) is 48.6 Å². The van der Waals surface area contributed by atoms with Crippen LogP contribution in [0.5, 0.6) is 0 Å². The van der Waals surface area contributed by atoms with E-state index in [2.05, 4.69) is 51.2 Å². The molecule has 0 amide bonds. The highest BCUT2D eigenvalue weighted by atomic mass is 16.6. The topological polar surface area (TPSA) is 93.1 Å². The summed E-state index contributed by atoms with van der Waals surface area (Å²) < 4.78 is 10.3. The number of carbonyl (C=O) groups is 2. The van der Waals surface area contributed by atoms with Gasteiger partial charge in [0.05, 0.1) is 6.10 Å². The average Bonchev–Trinajstić information content (AvgIpc) is 3.06. The van der Waals surface area contributed by atoms with Crippen molar-refractivity contribution in [2.75, 3.05) is 13.2 Å². The van der Waals surface area contributed by atoms with Gasteiger partial charge in [0.1, 0.15) is 19.3 Å². The molecule has 0 saturated heterocycles. The molecule has 0 aliphatic carbocycles. The van der Waals surface area contributed by atoms with Crippen molar-refractivity contribution < 1.29 is 29.3 Å². The summed E-state index contributed by atoms with van der Waals surface area (Å²) in [7, 11) is 0. The van der Waals surface area contributed by atoms with E-state index in [1.165, 1.54) is 77.0 Å². The summed E-state index contributed by atoms with van der Waals surface area (Å²) in [5.74, 6) is 0.187. The normalized spacial score (nSPS) is 13.5. The van der Waals surface area contributed by atoms with E-state index < -0.39 is 6.10 Å². The maximum atomic E-state index is 12.0. The number of allylic oxidation sites excluding steroid dienone is 7. The van der Waals surface area contributed by atoms with E-state index in [9.17, 15) is 19.8 Å². The Kier molecular flexibility index (Phi) is 34.5. The van der Waals surface area contributed by atoms with Gasteiger partial charge in [0.25, 0.3) is 0 Å². The Bertz CT molecular complexity index is 843. The summed E-state index contributed by atoms with van der Waals surface area (Å²) in [4.78, 5) is 23.9. The maximum Gasteiger partial charge on any atom is 0.305 e. The molecule has 0 fully saturated rings. The SMILES string of the molecule is CCCCC[C@@H](O)/C=C/C=C\C/C=C\C/C=C\CCCC(=O)OC[C@@H](O)COC(=O)CCCCCCCCCCCCCCCC(C)C. The molecule has 0 saturated carbocycles. The van der Waals surface area contributed by atoms with E-state index in [0.29, 0.717) is 12.8 Å². The lowest BCUT2D eigenvalue weighted by atomic mass is 10.0. The van der Waals surface area contributed by atoms with Crippen molar-refractivity contribution >= 4 is 11.9 Å². The summed E-state index contributed by atoms with van der Waals surface area (Å²) in [6.45, 7) is 6.47. The van der Waals surface area contributed by atoms with Gasteiger partial charge in [-0.05, 0) is 44.4 Å². The fourth-order valence-corrected chi connectivity index (χ4v) is 5.31. The van der Waals surface area contributed by atoms with E-state index in [1.54, 1.807) is 0 Å². The number of aliphatic hydroxyl groups is 2. The van der Waals surface area contributed by atoms with Gasteiger partial charge in [-0.15, -0.1) is 0 Å². The van der Waals surface area contributed by atoms with Gasteiger partial charge in [0, 0.05) is 12.8 Å². The molecule has 0 aliphatic rings. The highest BCUT2D eigenvalue weighted by Crippen LogP contribution is 2.15. The van der Waals surface area contributed by atoms with Crippen LogP contribution in [-0.4, -0.2) is 47.6 Å². The minimum absolute atomic E-state index is 0.144. The first-order chi connectivity index (χ1) is 23.3. The second-order valence-electron chi connectivity index (χ2n) is 13.7. The van der Waals surface area contributed by atoms with Crippen LogP contribution >= 0.6 is 0 Å². The largest absolute Gasteiger partial charge is 0.463 e. The van der Waals surface area contributed by atoms with Crippen molar-refractivity contribution in [2.45, 2.75) is 187 Å². The van der Waals surface area contributed by atoms with Crippen molar-refractivity contribution in [3.63, 3.8) is 0 Å². The fraction of sp³-hybridized carbons (Fsp3) is 0.762. The van der Waals surface area contributed by atoms with E-state index in [4.69, 9.17) is 9.47 Å². The second kappa shape index (κ2) is 36.1. The minimum atomic E-state index is -0.998. The molecule has 2 atom stereocenters. The van der Waals surface area contributed by atoms with E-state index in [-0.39, 0.29) is 37.7 Å². The van der Waals surface area contributed by atoms with Crippen molar-refractivity contribution in [3.05, 3.63) is 48.6 Å². The lowest BCUT2D eigenvalue weighted by molar-refractivity contribution is -0.152. The van der Waals surface area contributed by atoms with Crippen LogP contribution in [0.25, 0.3) is 0 Å². The number of unbranched alkanes of at least 4 members (excludes halogenated alkanes) is 15. The van der Waals surface area contributed by atoms with Gasteiger partial charge < -0.3 is 19.7 Å². The number of rotatable bonds is 34. The minimum Gasteiger partial charge on any atom is -0.463 e. The molecule has 6 nitrogen and oxygen atoms in total. The zero-order chi connectivity index (χ0) is 35.3. The molecule has 0 spiro atoms. The maximum absolute atomic E-state index is 12.0. The Morgan fingerprint density at radius 1 is 0.562 bits per heavy atom. The van der Waals surface area contributed by atoms with Gasteiger partial charge in [-0.1, -0.05) is 172 Å². The monoisotopic (exact) mass is 675 g/mol. The van der Waals surface area contributed by atoms with Crippen molar-refractivity contribution in [3.8, 4) is 0 Å².